The number of benzene rings is 1. The third-order valence-corrected chi connectivity index (χ3v) is 4.44. The van der Waals surface area contributed by atoms with E-state index in [4.69, 9.17) is 4.74 Å². The van der Waals surface area contributed by atoms with Crippen LogP contribution in [0.4, 0.5) is 5.82 Å². The van der Waals surface area contributed by atoms with E-state index in [2.05, 4.69) is 15.3 Å². The van der Waals surface area contributed by atoms with Gasteiger partial charge in [-0.25, -0.2) is 4.98 Å². The zero-order valence-corrected chi connectivity index (χ0v) is 14.4. The van der Waals surface area contributed by atoms with E-state index < -0.39 is 0 Å². The number of carbonyl (C=O) groups is 1. The quantitative estimate of drug-likeness (QED) is 0.785. The molecule has 3 heterocycles. The molecule has 1 fully saturated rings. The highest BCUT2D eigenvalue weighted by atomic mass is 16.5. The van der Waals surface area contributed by atoms with Gasteiger partial charge in [-0.15, -0.1) is 0 Å². The number of carbonyl (C=O) groups excluding carboxylic acids is 1. The number of ether oxygens (including phenoxy) is 1. The molecule has 3 aromatic rings. The Balaban J connectivity index is 1.65. The number of para-hydroxylation sites is 1. The lowest BCUT2D eigenvalue weighted by atomic mass is 10.1. The molecule has 0 atom stereocenters. The predicted molar refractivity (Wildman–Crippen MR) is 100 cm³/mol. The minimum Gasteiger partial charge on any atom is -0.378 e. The number of nitrogens with zero attached hydrogens (tertiary/aromatic N) is 3. The van der Waals surface area contributed by atoms with Gasteiger partial charge in [-0.3, -0.25) is 9.78 Å². The molecule has 0 unspecified atom stereocenters. The number of nitrogens with one attached hydrogen (secondary N) is 1. The Morgan fingerprint density at radius 2 is 2.00 bits per heavy atom. The molecule has 0 saturated carbocycles. The first kappa shape index (κ1) is 16.5. The zero-order valence-electron chi connectivity index (χ0n) is 14.4. The van der Waals surface area contributed by atoms with Crippen molar-refractivity contribution in [2.45, 2.75) is 6.54 Å². The summed E-state index contributed by atoms with van der Waals surface area (Å²) in [5.41, 5.74) is 2.54. The number of amides is 1. The fourth-order valence-electron chi connectivity index (χ4n) is 3.08. The van der Waals surface area contributed by atoms with Crippen molar-refractivity contribution in [3.8, 4) is 0 Å². The molecule has 6 heteroatoms. The molecule has 0 radical (unpaired) electrons. The second-order valence-electron chi connectivity index (χ2n) is 6.19. The number of hydrogen-bond acceptors (Lipinski definition) is 5. The van der Waals surface area contributed by atoms with Crippen LogP contribution in [-0.4, -0.2) is 47.1 Å². The van der Waals surface area contributed by atoms with Crippen molar-refractivity contribution >= 4 is 22.6 Å². The lowest BCUT2D eigenvalue weighted by Crippen LogP contribution is -2.40. The van der Waals surface area contributed by atoms with Gasteiger partial charge in [0.2, 0.25) is 0 Å². The second-order valence-corrected chi connectivity index (χ2v) is 6.19. The summed E-state index contributed by atoms with van der Waals surface area (Å²) in [6.45, 7) is 3.01. The standard InChI is InChI=1S/C20H20N4O2/c25-20(24-8-10-26-11-9-24)17-12-19(22-14-15-4-3-7-21-13-15)23-18-6-2-1-5-16(17)18/h1-7,12-13H,8-11,14H2,(H,22,23). The number of hydrogen-bond donors (Lipinski definition) is 1. The highest BCUT2D eigenvalue weighted by molar-refractivity contribution is 6.07. The van der Waals surface area contributed by atoms with Gasteiger partial charge in [-0.2, -0.15) is 0 Å². The molecule has 0 bridgehead atoms. The zero-order chi connectivity index (χ0) is 17.8. The maximum atomic E-state index is 13.0. The van der Waals surface area contributed by atoms with Crippen LogP contribution >= 0.6 is 0 Å². The van der Waals surface area contributed by atoms with Crippen LogP contribution in [0.1, 0.15) is 15.9 Å². The second kappa shape index (κ2) is 7.49. The smallest absolute Gasteiger partial charge is 0.254 e. The molecule has 4 rings (SSSR count). The van der Waals surface area contributed by atoms with E-state index >= 15 is 0 Å². The molecule has 1 aliphatic rings. The van der Waals surface area contributed by atoms with Gasteiger partial charge in [0.1, 0.15) is 5.82 Å². The number of anilines is 1. The third-order valence-electron chi connectivity index (χ3n) is 4.44. The van der Waals surface area contributed by atoms with Crippen LogP contribution in [0.25, 0.3) is 10.9 Å². The first-order valence-corrected chi connectivity index (χ1v) is 8.71. The van der Waals surface area contributed by atoms with Gasteiger partial charge in [-0.1, -0.05) is 24.3 Å². The summed E-state index contributed by atoms with van der Waals surface area (Å²) in [4.78, 5) is 23.7. The number of aromatic nitrogens is 2. The van der Waals surface area contributed by atoms with Crippen molar-refractivity contribution in [3.05, 3.63) is 66.0 Å². The molecule has 1 N–H and O–H groups in total. The van der Waals surface area contributed by atoms with Gasteiger partial charge in [0.25, 0.3) is 5.91 Å². The Morgan fingerprint density at radius 1 is 1.15 bits per heavy atom. The van der Waals surface area contributed by atoms with Crippen LogP contribution in [0.15, 0.2) is 54.9 Å². The van der Waals surface area contributed by atoms with Crippen LogP contribution in [0.2, 0.25) is 0 Å². The SMILES string of the molecule is O=C(c1cc(NCc2cccnc2)nc2ccccc12)N1CCOCC1. The maximum absolute atomic E-state index is 13.0. The van der Waals surface area contributed by atoms with Crippen LogP contribution in [-0.2, 0) is 11.3 Å². The van der Waals surface area contributed by atoms with E-state index in [1.54, 1.807) is 6.20 Å². The van der Waals surface area contributed by atoms with Gasteiger partial charge in [0, 0.05) is 37.4 Å². The summed E-state index contributed by atoms with van der Waals surface area (Å²) in [6.07, 6.45) is 3.56. The minimum atomic E-state index is 0.0244. The lowest BCUT2D eigenvalue weighted by Gasteiger charge is -2.27. The number of morpholine rings is 1. The van der Waals surface area contributed by atoms with Crippen molar-refractivity contribution in [3.63, 3.8) is 0 Å². The van der Waals surface area contributed by atoms with Gasteiger partial charge >= 0.3 is 0 Å². The Labute approximate surface area is 151 Å². The summed E-state index contributed by atoms with van der Waals surface area (Å²) in [5.74, 6) is 0.709. The van der Waals surface area contributed by atoms with E-state index in [0.29, 0.717) is 44.2 Å². The maximum Gasteiger partial charge on any atom is 0.254 e. The number of fused-ring (bicyclic) bond motifs is 1. The van der Waals surface area contributed by atoms with E-state index in [0.717, 1.165) is 16.5 Å². The molecule has 1 amide bonds. The molecular weight excluding hydrogens is 328 g/mol. The Hall–Kier alpha value is -2.99. The molecule has 1 aliphatic heterocycles. The summed E-state index contributed by atoms with van der Waals surface area (Å²) >= 11 is 0. The molecule has 0 spiro atoms. The Bertz CT molecular complexity index is 908. The van der Waals surface area contributed by atoms with Crippen LogP contribution < -0.4 is 5.32 Å². The normalized spacial score (nSPS) is 14.4. The van der Waals surface area contributed by atoms with Crippen molar-refractivity contribution in [1.82, 2.24) is 14.9 Å². The van der Waals surface area contributed by atoms with E-state index in [1.807, 2.05) is 53.6 Å². The number of pyridine rings is 2. The van der Waals surface area contributed by atoms with E-state index in [-0.39, 0.29) is 5.91 Å². The molecule has 6 nitrogen and oxygen atoms in total. The summed E-state index contributed by atoms with van der Waals surface area (Å²) in [5, 5.41) is 4.18. The molecule has 2 aromatic heterocycles. The predicted octanol–water partition coefficient (Wildman–Crippen LogP) is 2.71. The minimum absolute atomic E-state index is 0.0244. The molecular formula is C20H20N4O2. The molecule has 132 valence electrons. The summed E-state index contributed by atoms with van der Waals surface area (Å²) < 4.78 is 5.36. The van der Waals surface area contributed by atoms with Crippen molar-refractivity contribution in [2.75, 3.05) is 31.6 Å². The average molecular weight is 348 g/mol. The summed E-state index contributed by atoms with van der Waals surface area (Å²) in [7, 11) is 0. The average Bonchev–Trinajstić information content (AvgIpc) is 2.72. The first-order chi connectivity index (χ1) is 12.8. The van der Waals surface area contributed by atoms with E-state index in [1.165, 1.54) is 0 Å². The van der Waals surface area contributed by atoms with E-state index in [9.17, 15) is 4.79 Å². The van der Waals surface area contributed by atoms with Crippen molar-refractivity contribution < 1.29 is 9.53 Å². The fraction of sp³-hybridized carbons (Fsp3) is 0.250. The topological polar surface area (TPSA) is 67.4 Å². The molecule has 26 heavy (non-hydrogen) atoms. The Kier molecular flexibility index (Phi) is 4.75. The van der Waals surface area contributed by atoms with Gasteiger partial charge in [0.05, 0.1) is 24.3 Å². The van der Waals surface area contributed by atoms with Crippen molar-refractivity contribution in [1.29, 1.82) is 0 Å². The largest absolute Gasteiger partial charge is 0.378 e. The van der Waals surface area contributed by atoms with Crippen LogP contribution in [0.5, 0.6) is 0 Å². The van der Waals surface area contributed by atoms with Gasteiger partial charge in [-0.05, 0) is 23.8 Å². The lowest BCUT2D eigenvalue weighted by molar-refractivity contribution is 0.0304. The van der Waals surface area contributed by atoms with Crippen LogP contribution in [0, 0.1) is 0 Å². The van der Waals surface area contributed by atoms with Crippen molar-refractivity contribution in [2.24, 2.45) is 0 Å². The van der Waals surface area contributed by atoms with Crippen LogP contribution in [0.3, 0.4) is 0 Å². The van der Waals surface area contributed by atoms with Gasteiger partial charge < -0.3 is 15.0 Å². The number of rotatable bonds is 4. The summed E-state index contributed by atoms with van der Waals surface area (Å²) in [6, 6.07) is 13.5. The highest BCUT2D eigenvalue weighted by Gasteiger charge is 2.21. The first-order valence-electron chi connectivity index (χ1n) is 8.71. The molecule has 0 aliphatic carbocycles. The monoisotopic (exact) mass is 348 g/mol. The Morgan fingerprint density at radius 3 is 2.81 bits per heavy atom. The highest BCUT2D eigenvalue weighted by Crippen LogP contribution is 2.23. The molecule has 1 saturated heterocycles. The third kappa shape index (κ3) is 3.50. The fourth-order valence-corrected chi connectivity index (χ4v) is 3.08. The molecule has 1 aromatic carbocycles. The van der Waals surface area contributed by atoms with Gasteiger partial charge in [0.15, 0.2) is 0 Å².